The van der Waals surface area contributed by atoms with E-state index in [-0.39, 0.29) is 24.6 Å². The molecule has 1 aliphatic rings. The van der Waals surface area contributed by atoms with Crippen molar-refractivity contribution in [3.05, 3.63) is 71.9 Å². The van der Waals surface area contributed by atoms with Gasteiger partial charge >= 0.3 is 0 Å². The summed E-state index contributed by atoms with van der Waals surface area (Å²) in [4.78, 5) is 18.4. The monoisotopic (exact) mass is 362 g/mol. The van der Waals surface area contributed by atoms with Gasteiger partial charge < -0.3 is 15.0 Å². The lowest BCUT2D eigenvalue weighted by atomic mass is 9.81. The Hall–Kier alpha value is -2.59. The lowest BCUT2D eigenvalue weighted by molar-refractivity contribution is -0.144. The summed E-state index contributed by atoms with van der Waals surface area (Å²) in [5.74, 6) is 0.498. The second kappa shape index (κ2) is 7.57. The van der Waals surface area contributed by atoms with Crippen molar-refractivity contribution in [2.75, 3.05) is 6.61 Å². The van der Waals surface area contributed by atoms with Crippen LogP contribution in [0, 0.1) is 5.92 Å². The molecule has 0 saturated carbocycles. The number of fused-ring (bicyclic) bond motifs is 1. The molecule has 1 saturated heterocycles. The Morgan fingerprint density at radius 1 is 1.15 bits per heavy atom. The quantitative estimate of drug-likeness (QED) is 0.697. The molecule has 0 spiro atoms. The average molecular weight is 362 g/mol. The molecule has 2 N–H and O–H groups in total. The summed E-state index contributed by atoms with van der Waals surface area (Å²) in [5, 5.41) is 11.4. The first kappa shape index (κ1) is 17.8. The summed E-state index contributed by atoms with van der Waals surface area (Å²) in [6, 6.07) is 17.7. The van der Waals surface area contributed by atoms with Crippen LogP contribution in [0.25, 0.3) is 10.9 Å². The minimum Gasteiger partial charge on any atom is -0.394 e. The first-order valence-electron chi connectivity index (χ1n) is 9.77. The fourth-order valence-electron chi connectivity index (χ4n) is 4.54. The summed E-state index contributed by atoms with van der Waals surface area (Å²) < 4.78 is 0. The van der Waals surface area contributed by atoms with Gasteiger partial charge in [0.05, 0.1) is 18.7 Å². The number of nitrogens with one attached hydrogen (secondary N) is 1. The van der Waals surface area contributed by atoms with Gasteiger partial charge in [0.25, 0.3) is 0 Å². The summed E-state index contributed by atoms with van der Waals surface area (Å²) in [5.41, 5.74) is 3.22. The van der Waals surface area contributed by atoms with Gasteiger partial charge in [-0.1, -0.05) is 61.9 Å². The number of carbonyl (C=O) groups excluding carboxylic acids is 1. The van der Waals surface area contributed by atoms with Gasteiger partial charge in [-0.3, -0.25) is 4.79 Å². The van der Waals surface area contributed by atoms with Gasteiger partial charge in [-0.05, 0) is 24.0 Å². The molecule has 27 heavy (non-hydrogen) atoms. The van der Waals surface area contributed by atoms with Gasteiger partial charge in [0.2, 0.25) is 5.91 Å². The highest BCUT2D eigenvalue weighted by Gasteiger charge is 2.40. The highest BCUT2D eigenvalue weighted by Crippen LogP contribution is 2.44. The Kier molecular flexibility index (Phi) is 4.99. The van der Waals surface area contributed by atoms with Crippen LogP contribution < -0.4 is 0 Å². The van der Waals surface area contributed by atoms with Crippen LogP contribution in [0.4, 0.5) is 0 Å². The third-order valence-corrected chi connectivity index (χ3v) is 5.92. The van der Waals surface area contributed by atoms with Crippen molar-refractivity contribution < 1.29 is 9.90 Å². The van der Waals surface area contributed by atoms with Gasteiger partial charge in [-0.25, -0.2) is 0 Å². The van der Waals surface area contributed by atoms with E-state index in [4.69, 9.17) is 0 Å². The van der Waals surface area contributed by atoms with Gasteiger partial charge in [0.1, 0.15) is 0 Å². The molecule has 3 atom stereocenters. The standard InChI is InChI=1S/C23H26N2O2/c1-2-16-12-13-22(27)25(21(15-26)17-8-4-3-5-9-17)23(16)19-14-24-20-11-7-6-10-18(19)20/h3-11,14,16,21,23-24,26H,2,12-13,15H2,1H3/t16-,21+,23-/m1/s1. The molecular formula is C23H26N2O2. The predicted molar refractivity (Wildman–Crippen MR) is 107 cm³/mol. The number of carbonyl (C=O) groups is 1. The molecule has 0 aliphatic carbocycles. The predicted octanol–water partition coefficient (Wildman–Crippen LogP) is 4.59. The number of aliphatic hydroxyl groups is 1. The number of amides is 1. The van der Waals surface area contributed by atoms with Crippen LogP contribution >= 0.6 is 0 Å². The number of para-hydroxylation sites is 1. The van der Waals surface area contributed by atoms with Crippen molar-refractivity contribution in [2.24, 2.45) is 5.92 Å². The van der Waals surface area contributed by atoms with E-state index >= 15 is 0 Å². The summed E-state index contributed by atoms with van der Waals surface area (Å²) in [7, 11) is 0. The van der Waals surface area contributed by atoms with E-state index in [1.807, 2.05) is 53.6 Å². The minimum absolute atomic E-state index is 0.0373. The zero-order valence-corrected chi connectivity index (χ0v) is 15.6. The van der Waals surface area contributed by atoms with Crippen molar-refractivity contribution in [3.8, 4) is 0 Å². The number of benzene rings is 2. The minimum atomic E-state index is -0.327. The van der Waals surface area contributed by atoms with Crippen LogP contribution in [0.2, 0.25) is 0 Å². The Labute approximate surface area is 159 Å². The molecule has 2 aromatic carbocycles. The normalized spacial score (nSPS) is 21.6. The Balaban J connectivity index is 1.84. The van der Waals surface area contributed by atoms with Crippen LogP contribution in [0.5, 0.6) is 0 Å². The van der Waals surface area contributed by atoms with Crippen LogP contribution in [-0.4, -0.2) is 27.5 Å². The molecule has 0 unspecified atom stereocenters. The zero-order valence-electron chi connectivity index (χ0n) is 15.6. The number of hydrogen-bond donors (Lipinski definition) is 2. The molecule has 3 aromatic rings. The fraction of sp³-hybridized carbons (Fsp3) is 0.348. The highest BCUT2D eigenvalue weighted by atomic mass is 16.3. The Bertz CT molecular complexity index is 918. The van der Waals surface area contributed by atoms with Gasteiger partial charge in [-0.15, -0.1) is 0 Å². The molecule has 1 aliphatic heterocycles. The second-order valence-corrected chi connectivity index (χ2v) is 7.35. The first-order valence-corrected chi connectivity index (χ1v) is 9.77. The zero-order chi connectivity index (χ0) is 18.8. The van der Waals surface area contributed by atoms with Crippen molar-refractivity contribution in [3.63, 3.8) is 0 Å². The molecule has 4 heteroatoms. The third kappa shape index (κ3) is 3.15. The maximum absolute atomic E-state index is 13.1. The molecule has 1 amide bonds. The van der Waals surface area contributed by atoms with E-state index in [9.17, 15) is 9.90 Å². The average Bonchev–Trinajstić information content (AvgIpc) is 3.14. The van der Waals surface area contributed by atoms with E-state index < -0.39 is 0 Å². The largest absolute Gasteiger partial charge is 0.394 e. The molecule has 1 aromatic heterocycles. The van der Waals surface area contributed by atoms with E-state index in [0.717, 1.165) is 34.9 Å². The lowest BCUT2D eigenvalue weighted by Gasteiger charge is -2.45. The van der Waals surface area contributed by atoms with Crippen molar-refractivity contribution in [1.82, 2.24) is 9.88 Å². The van der Waals surface area contributed by atoms with E-state index in [2.05, 4.69) is 24.0 Å². The SMILES string of the molecule is CC[C@@H]1CCC(=O)N([C@@H](CO)c2ccccc2)[C@H]1c1c[nH]c2ccccc12. The van der Waals surface area contributed by atoms with Gasteiger partial charge in [-0.2, -0.15) is 0 Å². The molecular weight excluding hydrogens is 336 g/mol. The number of rotatable bonds is 5. The molecule has 0 radical (unpaired) electrons. The number of hydrogen-bond acceptors (Lipinski definition) is 2. The first-order chi connectivity index (χ1) is 13.2. The van der Waals surface area contributed by atoms with Gasteiger partial charge in [0, 0.05) is 29.1 Å². The third-order valence-electron chi connectivity index (χ3n) is 5.92. The highest BCUT2D eigenvalue weighted by molar-refractivity contribution is 5.85. The number of aromatic nitrogens is 1. The number of H-pyrrole nitrogens is 1. The molecule has 1 fully saturated rings. The summed E-state index contributed by atoms with van der Waals surface area (Å²) in [6.45, 7) is 2.11. The molecule has 0 bridgehead atoms. The van der Waals surface area contributed by atoms with Crippen molar-refractivity contribution >= 4 is 16.8 Å². The number of piperidine rings is 1. The second-order valence-electron chi connectivity index (χ2n) is 7.35. The van der Waals surface area contributed by atoms with E-state index in [1.54, 1.807) is 0 Å². The number of likely N-dealkylation sites (tertiary alicyclic amines) is 1. The number of aliphatic hydroxyl groups excluding tert-OH is 1. The number of nitrogens with zero attached hydrogens (tertiary/aromatic N) is 1. The maximum atomic E-state index is 13.1. The van der Waals surface area contributed by atoms with Crippen molar-refractivity contribution in [2.45, 2.75) is 38.3 Å². The molecule has 140 valence electrons. The topological polar surface area (TPSA) is 56.3 Å². The van der Waals surface area contributed by atoms with Crippen LogP contribution in [-0.2, 0) is 4.79 Å². The van der Waals surface area contributed by atoms with Gasteiger partial charge in [0.15, 0.2) is 0 Å². The van der Waals surface area contributed by atoms with E-state index in [0.29, 0.717) is 12.3 Å². The Morgan fingerprint density at radius 3 is 2.63 bits per heavy atom. The molecule has 2 heterocycles. The molecule has 4 nitrogen and oxygen atoms in total. The maximum Gasteiger partial charge on any atom is 0.223 e. The lowest BCUT2D eigenvalue weighted by Crippen LogP contribution is -2.45. The Morgan fingerprint density at radius 2 is 1.89 bits per heavy atom. The summed E-state index contributed by atoms with van der Waals surface area (Å²) in [6.07, 6.45) is 4.48. The van der Waals surface area contributed by atoms with Crippen LogP contribution in [0.15, 0.2) is 60.8 Å². The van der Waals surface area contributed by atoms with E-state index in [1.165, 1.54) is 0 Å². The summed E-state index contributed by atoms with van der Waals surface area (Å²) >= 11 is 0. The number of aromatic amines is 1. The van der Waals surface area contributed by atoms with Crippen molar-refractivity contribution in [1.29, 1.82) is 0 Å². The smallest absolute Gasteiger partial charge is 0.223 e. The van der Waals surface area contributed by atoms with Crippen LogP contribution in [0.1, 0.15) is 49.4 Å². The fourth-order valence-corrected chi connectivity index (χ4v) is 4.54. The van der Waals surface area contributed by atoms with Crippen LogP contribution in [0.3, 0.4) is 0 Å². The molecule has 4 rings (SSSR count).